The fourth-order valence-corrected chi connectivity index (χ4v) is 3.54. The molecule has 120 valence electrons. The number of pyridine rings is 1. The van der Waals surface area contributed by atoms with Crippen molar-refractivity contribution >= 4 is 11.3 Å². The van der Waals surface area contributed by atoms with E-state index in [1.807, 2.05) is 12.1 Å². The van der Waals surface area contributed by atoms with Gasteiger partial charge >= 0.3 is 0 Å². The summed E-state index contributed by atoms with van der Waals surface area (Å²) in [7, 11) is 0. The Hall–Kier alpha value is -1.87. The molecule has 3 heterocycles. The molecule has 2 aromatic rings. The third-order valence-corrected chi connectivity index (χ3v) is 4.75. The molecule has 1 N–H and O–H groups in total. The second-order valence-corrected chi connectivity index (χ2v) is 6.53. The highest BCUT2D eigenvalue weighted by molar-refractivity contribution is 7.10. The normalized spacial score (nSPS) is 15.9. The topological polar surface area (TPSA) is 45.6 Å². The summed E-state index contributed by atoms with van der Waals surface area (Å²) in [5.74, 6) is 6.55. The molecule has 3 rings (SSSR count). The molecule has 23 heavy (non-hydrogen) atoms. The first kappa shape index (κ1) is 16.0. The molecule has 0 saturated carbocycles. The van der Waals surface area contributed by atoms with Gasteiger partial charge in [-0.1, -0.05) is 11.8 Å². The fourth-order valence-electron chi connectivity index (χ4n) is 2.69. The number of aliphatic hydroxyl groups excluding tert-OH is 1. The molecule has 0 aliphatic carbocycles. The molecule has 0 amide bonds. The molecule has 0 aromatic carbocycles. The van der Waals surface area contributed by atoms with E-state index in [-0.39, 0.29) is 6.61 Å². The second kappa shape index (κ2) is 8.11. The average molecular weight is 328 g/mol. The van der Waals surface area contributed by atoms with Crippen molar-refractivity contribution in [3.8, 4) is 17.6 Å². The highest BCUT2D eigenvalue weighted by atomic mass is 32.1. The zero-order valence-corrected chi connectivity index (χ0v) is 13.8. The Morgan fingerprint density at radius 3 is 2.83 bits per heavy atom. The molecule has 0 atom stereocenters. The number of rotatable bonds is 4. The van der Waals surface area contributed by atoms with Gasteiger partial charge in [0.05, 0.1) is 0 Å². The van der Waals surface area contributed by atoms with Crippen LogP contribution in [0.2, 0.25) is 0 Å². The summed E-state index contributed by atoms with van der Waals surface area (Å²) in [6.07, 6.45) is 5.91. The Morgan fingerprint density at radius 2 is 2.09 bits per heavy atom. The van der Waals surface area contributed by atoms with E-state index in [2.05, 4.69) is 33.2 Å². The first-order valence-electron chi connectivity index (χ1n) is 7.79. The van der Waals surface area contributed by atoms with Crippen LogP contribution in [0.25, 0.3) is 0 Å². The van der Waals surface area contributed by atoms with Crippen LogP contribution in [0.1, 0.15) is 23.3 Å². The van der Waals surface area contributed by atoms with Crippen LogP contribution in [0.4, 0.5) is 0 Å². The molecule has 0 radical (unpaired) electrons. The largest absolute Gasteiger partial charge is 0.490 e. The Morgan fingerprint density at radius 1 is 1.30 bits per heavy atom. The highest BCUT2D eigenvalue weighted by Crippen LogP contribution is 2.21. The molecule has 5 heteroatoms. The van der Waals surface area contributed by atoms with Crippen LogP contribution in [0.5, 0.6) is 5.75 Å². The van der Waals surface area contributed by atoms with E-state index in [0.717, 1.165) is 43.8 Å². The number of hydrogen-bond acceptors (Lipinski definition) is 5. The van der Waals surface area contributed by atoms with E-state index >= 15 is 0 Å². The Balaban J connectivity index is 1.46. The number of aromatic nitrogens is 1. The van der Waals surface area contributed by atoms with Gasteiger partial charge in [0.25, 0.3) is 0 Å². The number of thiophene rings is 1. The van der Waals surface area contributed by atoms with Crippen molar-refractivity contribution in [3.63, 3.8) is 0 Å². The van der Waals surface area contributed by atoms with Gasteiger partial charge in [0, 0.05) is 47.8 Å². The fraction of sp³-hybridized carbons (Fsp3) is 0.389. The van der Waals surface area contributed by atoms with E-state index in [9.17, 15) is 0 Å². The number of likely N-dealkylation sites (tertiary alicyclic amines) is 1. The Kier molecular flexibility index (Phi) is 5.65. The zero-order valence-electron chi connectivity index (χ0n) is 12.9. The summed E-state index contributed by atoms with van der Waals surface area (Å²) in [6.45, 7) is 2.97. The first-order valence-corrected chi connectivity index (χ1v) is 8.67. The van der Waals surface area contributed by atoms with Gasteiger partial charge in [-0.25, -0.2) is 0 Å². The summed E-state index contributed by atoms with van der Waals surface area (Å²) < 4.78 is 6.00. The van der Waals surface area contributed by atoms with Crippen molar-refractivity contribution < 1.29 is 9.84 Å². The van der Waals surface area contributed by atoms with Crippen LogP contribution in [0.3, 0.4) is 0 Å². The average Bonchev–Trinajstić information content (AvgIpc) is 3.03. The minimum absolute atomic E-state index is 0.0871. The van der Waals surface area contributed by atoms with Gasteiger partial charge in [-0.3, -0.25) is 9.88 Å². The van der Waals surface area contributed by atoms with Crippen LogP contribution in [0.15, 0.2) is 36.0 Å². The number of ether oxygens (including phenoxy) is 1. The molecule has 1 aliphatic rings. The highest BCUT2D eigenvalue weighted by Gasteiger charge is 2.20. The van der Waals surface area contributed by atoms with Gasteiger partial charge in [0.2, 0.25) is 0 Å². The van der Waals surface area contributed by atoms with Crippen molar-refractivity contribution in [1.29, 1.82) is 0 Å². The van der Waals surface area contributed by atoms with Gasteiger partial charge in [-0.15, -0.1) is 11.3 Å². The Bertz CT molecular complexity index is 667. The van der Waals surface area contributed by atoms with E-state index in [4.69, 9.17) is 9.84 Å². The molecule has 0 unspecified atom stereocenters. The maximum atomic E-state index is 8.73. The minimum Gasteiger partial charge on any atom is -0.490 e. The number of piperidine rings is 1. The minimum atomic E-state index is -0.0871. The summed E-state index contributed by atoms with van der Waals surface area (Å²) in [5.41, 5.74) is 0.995. The van der Waals surface area contributed by atoms with E-state index < -0.39 is 0 Å². The molecule has 4 nitrogen and oxygen atoms in total. The van der Waals surface area contributed by atoms with Crippen LogP contribution in [-0.2, 0) is 6.54 Å². The summed E-state index contributed by atoms with van der Waals surface area (Å²) in [6, 6.07) is 5.94. The van der Waals surface area contributed by atoms with Crippen molar-refractivity contribution in [2.45, 2.75) is 25.5 Å². The molecule has 1 aliphatic heterocycles. The SMILES string of the molecule is OCC#Cc1csc(CN2CCC(Oc3ccncc3)CC2)c1. The molecule has 2 aromatic heterocycles. The van der Waals surface area contributed by atoms with Gasteiger partial charge in [0.15, 0.2) is 0 Å². The first-order chi connectivity index (χ1) is 11.3. The molecular weight excluding hydrogens is 308 g/mol. The van der Waals surface area contributed by atoms with Crippen molar-refractivity contribution in [2.24, 2.45) is 0 Å². The summed E-state index contributed by atoms with van der Waals surface area (Å²) in [5, 5.41) is 10.8. The predicted molar refractivity (Wildman–Crippen MR) is 91.4 cm³/mol. The molecular formula is C18H20N2O2S. The van der Waals surface area contributed by atoms with Gasteiger partial charge in [-0.05, 0) is 31.0 Å². The third-order valence-electron chi connectivity index (χ3n) is 3.83. The molecule has 0 bridgehead atoms. The molecule has 1 fully saturated rings. The monoisotopic (exact) mass is 328 g/mol. The van der Waals surface area contributed by atoms with Crippen molar-refractivity contribution in [3.05, 3.63) is 46.4 Å². The quantitative estimate of drug-likeness (QED) is 0.876. The summed E-state index contributed by atoms with van der Waals surface area (Å²) >= 11 is 1.73. The molecule has 0 spiro atoms. The predicted octanol–water partition coefficient (Wildman–Crippen LogP) is 2.53. The number of nitrogens with zero attached hydrogens (tertiary/aromatic N) is 2. The second-order valence-electron chi connectivity index (χ2n) is 5.54. The van der Waals surface area contributed by atoms with Crippen molar-refractivity contribution in [2.75, 3.05) is 19.7 Å². The lowest BCUT2D eigenvalue weighted by molar-refractivity contribution is 0.0973. The Labute approximate surface area is 140 Å². The zero-order chi connectivity index (χ0) is 15.9. The maximum absolute atomic E-state index is 8.73. The van der Waals surface area contributed by atoms with E-state index in [1.165, 1.54) is 4.88 Å². The smallest absolute Gasteiger partial charge is 0.122 e. The lowest BCUT2D eigenvalue weighted by Gasteiger charge is -2.31. The van der Waals surface area contributed by atoms with Gasteiger partial charge < -0.3 is 9.84 Å². The maximum Gasteiger partial charge on any atom is 0.122 e. The molecule has 1 saturated heterocycles. The number of hydrogen-bond donors (Lipinski definition) is 1. The summed E-state index contributed by atoms with van der Waals surface area (Å²) in [4.78, 5) is 7.79. The standard InChI is InChI=1S/C18H20N2O2S/c21-11-1-2-15-12-18(23-14-15)13-20-9-5-17(6-10-20)22-16-3-7-19-8-4-16/h3-4,7-8,12,14,17,21H,5-6,9-11,13H2. The van der Waals surface area contributed by atoms with E-state index in [1.54, 1.807) is 23.7 Å². The number of aliphatic hydroxyl groups is 1. The van der Waals surface area contributed by atoms with Crippen LogP contribution >= 0.6 is 11.3 Å². The van der Waals surface area contributed by atoms with Gasteiger partial charge in [0.1, 0.15) is 18.5 Å². The lowest BCUT2D eigenvalue weighted by atomic mass is 10.1. The van der Waals surface area contributed by atoms with E-state index in [0.29, 0.717) is 6.10 Å². The van der Waals surface area contributed by atoms with Gasteiger partial charge in [-0.2, -0.15) is 0 Å². The van der Waals surface area contributed by atoms with Crippen molar-refractivity contribution in [1.82, 2.24) is 9.88 Å². The van der Waals surface area contributed by atoms with Crippen LogP contribution in [0, 0.1) is 11.8 Å². The van der Waals surface area contributed by atoms with Crippen LogP contribution < -0.4 is 4.74 Å². The third kappa shape index (κ3) is 4.80. The van der Waals surface area contributed by atoms with Crippen LogP contribution in [-0.4, -0.2) is 40.8 Å². The lowest BCUT2D eigenvalue weighted by Crippen LogP contribution is -2.37.